The number of hydrogen-bond acceptors (Lipinski definition) is 4. The minimum Gasteiger partial charge on any atom is -0.493 e. The summed E-state index contributed by atoms with van der Waals surface area (Å²) in [6.45, 7) is 0.640. The molecule has 104 valence electrons. The highest BCUT2D eigenvalue weighted by Crippen LogP contribution is 2.39. The monoisotopic (exact) mass is 274 g/mol. The zero-order valence-electron chi connectivity index (χ0n) is 11.2. The van der Waals surface area contributed by atoms with Crippen molar-refractivity contribution in [1.82, 2.24) is 9.78 Å². The van der Waals surface area contributed by atoms with Crippen LogP contribution < -0.4 is 9.47 Å². The Kier molecular flexibility index (Phi) is 2.85. The summed E-state index contributed by atoms with van der Waals surface area (Å²) in [6, 6.07) is 5.39. The van der Waals surface area contributed by atoms with E-state index in [9.17, 15) is 4.79 Å². The predicted molar refractivity (Wildman–Crippen MR) is 71.4 cm³/mol. The molecule has 0 saturated heterocycles. The quantitative estimate of drug-likeness (QED) is 0.922. The number of carboxylic acid groups (broad SMARTS) is 1. The molecule has 1 N–H and O–H groups in total. The summed E-state index contributed by atoms with van der Waals surface area (Å²) in [7, 11) is 3.31. The largest absolute Gasteiger partial charge is 0.493 e. The second kappa shape index (κ2) is 4.56. The Morgan fingerprint density at radius 2 is 2.25 bits per heavy atom. The Bertz CT molecular complexity index is 691. The fourth-order valence-electron chi connectivity index (χ4n) is 2.41. The van der Waals surface area contributed by atoms with E-state index in [0.29, 0.717) is 12.4 Å². The fraction of sp³-hybridized carbons (Fsp3) is 0.286. The minimum absolute atomic E-state index is 0.0261. The van der Waals surface area contributed by atoms with Crippen LogP contribution in [0.4, 0.5) is 0 Å². The maximum Gasteiger partial charge on any atom is 0.356 e. The molecule has 6 heteroatoms. The van der Waals surface area contributed by atoms with Gasteiger partial charge in [0.05, 0.1) is 19.4 Å². The van der Waals surface area contributed by atoms with Crippen molar-refractivity contribution < 1.29 is 19.4 Å². The van der Waals surface area contributed by atoms with Crippen LogP contribution >= 0.6 is 0 Å². The summed E-state index contributed by atoms with van der Waals surface area (Å²) in [6.07, 6.45) is 0.823. The van der Waals surface area contributed by atoms with Crippen LogP contribution in [-0.2, 0) is 13.5 Å². The summed E-state index contributed by atoms with van der Waals surface area (Å²) in [5.41, 5.74) is 2.69. The van der Waals surface area contributed by atoms with Gasteiger partial charge < -0.3 is 14.6 Å². The molecule has 2 aromatic rings. The molecule has 6 nitrogen and oxygen atoms in total. The van der Waals surface area contributed by atoms with E-state index in [2.05, 4.69) is 5.10 Å². The number of rotatable bonds is 3. The van der Waals surface area contributed by atoms with E-state index in [1.807, 2.05) is 12.1 Å². The van der Waals surface area contributed by atoms with Gasteiger partial charge in [-0.05, 0) is 18.2 Å². The highest BCUT2D eigenvalue weighted by atomic mass is 16.5. The Balaban J connectivity index is 2.13. The number of benzene rings is 1. The molecule has 0 bridgehead atoms. The van der Waals surface area contributed by atoms with Crippen LogP contribution in [0, 0.1) is 0 Å². The van der Waals surface area contributed by atoms with Crippen molar-refractivity contribution in [3.8, 4) is 22.8 Å². The van der Waals surface area contributed by atoms with Gasteiger partial charge in [0.15, 0.2) is 17.2 Å². The van der Waals surface area contributed by atoms with Gasteiger partial charge in [-0.25, -0.2) is 4.79 Å². The second-order valence-corrected chi connectivity index (χ2v) is 4.61. The van der Waals surface area contributed by atoms with Gasteiger partial charge in [0.1, 0.15) is 0 Å². The molecule has 0 fully saturated rings. The fourth-order valence-corrected chi connectivity index (χ4v) is 2.41. The molecule has 0 aliphatic carbocycles. The number of carboxylic acids is 1. The molecule has 0 amide bonds. The Morgan fingerprint density at radius 1 is 1.45 bits per heavy atom. The normalized spacial score (nSPS) is 12.9. The molecule has 1 aliphatic rings. The van der Waals surface area contributed by atoms with Gasteiger partial charge in [-0.2, -0.15) is 5.10 Å². The topological polar surface area (TPSA) is 73.6 Å². The Labute approximate surface area is 115 Å². The van der Waals surface area contributed by atoms with Crippen LogP contribution in [-0.4, -0.2) is 34.6 Å². The maximum absolute atomic E-state index is 11.0. The van der Waals surface area contributed by atoms with Crippen LogP contribution in [0.15, 0.2) is 18.2 Å². The SMILES string of the molecule is COc1cc(-c2cc(C(=O)O)nn2C)cc2c1OCC2. The third-order valence-corrected chi connectivity index (χ3v) is 3.36. The van der Waals surface area contributed by atoms with Crippen molar-refractivity contribution in [2.24, 2.45) is 7.05 Å². The summed E-state index contributed by atoms with van der Waals surface area (Å²) >= 11 is 0. The molecule has 2 heterocycles. The highest BCUT2D eigenvalue weighted by Gasteiger charge is 2.21. The van der Waals surface area contributed by atoms with Crippen molar-refractivity contribution >= 4 is 5.97 Å². The number of aromatic carboxylic acids is 1. The summed E-state index contributed by atoms with van der Waals surface area (Å²) < 4.78 is 12.4. The number of carbonyl (C=O) groups is 1. The average molecular weight is 274 g/mol. The Hall–Kier alpha value is -2.50. The first-order chi connectivity index (χ1) is 9.60. The van der Waals surface area contributed by atoms with Crippen LogP contribution in [0.2, 0.25) is 0 Å². The van der Waals surface area contributed by atoms with E-state index in [4.69, 9.17) is 14.6 Å². The molecule has 0 saturated carbocycles. The number of ether oxygens (including phenoxy) is 2. The van der Waals surface area contributed by atoms with Crippen molar-refractivity contribution in [2.75, 3.05) is 13.7 Å². The first-order valence-electron chi connectivity index (χ1n) is 6.21. The second-order valence-electron chi connectivity index (χ2n) is 4.61. The molecular formula is C14H14N2O4. The number of methoxy groups -OCH3 is 1. The lowest BCUT2D eigenvalue weighted by Gasteiger charge is -2.10. The van der Waals surface area contributed by atoms with Gasteiger partial charge in [-0.15, -0.1) is 0 Å². The summed E-state index contributed by atoms with van der Waals surface area (Å²) in [5.74, 6) is 0.397. The van der Waals surface area contributed by atoms with Gasteiger partial charge in [0.25, 0.3) is 0 Å². The number of aromatic nitrogens is 2. The lowest BCUT2D eigenvalue weighted by Crippen LogP contribution is -1.99. The molecule has 1 aromatic carbocycles. The number of hydrogen-bond donors (Lipinski definition) is 1. The van der Waals surface area contributed by atoms with Crippen LogP contribution in [0.1, 0.15) is 16.1 Å². The molecule has 0 unspecified atom stereocenters. The number of nitrogens with zero attached hydrogens (tertiary/aromatic N) is 2. The molecule has 0 atom stereocenters. The maximum atomic E-state index is 11.0. The van der Waals surface area contributed by atoms with Gasteiger partial charge in [0.2, 0.25) is 0 Å². The molecule has 0 spiro atoms. The lowest BCUT2D eigenvalue weighted by atomic mass is 10.0. The smallest absolute Gasteiger partial charge is 0.356 e. The molecular weight excluding hydrogens is 260 g/mol. The zero-order chi connectivity index (χ0) is 14.3. The third kappa shape index (κ3) is 1.89. The van der Waals surface area contributed by atoms with Crippen molar-refractivity contribution in [2.45, 2.75) is 6.42 Å². The first kappa shape index (κ1) is 12.5. The standard InChI is InChI=1S/C14H14N2O4/c1-16-11(7-10(15-16)14(17)18)9-5-8-3-4-20-13(8)12(6-9)19-2/h5-7H,3-4H2,1-2H3,(H,17,18). The predicted octanol–water partition coefficient (Wildman–Crippen LogP) is 1.73. The summed E-state index contributed by atoms with van der Waals surface area (Å²) in [4.78, 5) is 11.0. The van der Waals surface area contributed by atoms with Gasteiger partial charge in [0, 0.05) is 24.6 Å². The first-order valence-corrected chi connectivity index (χ1v) is 6.21. The van der Waals surface area contributed by atoms with E-state index in [1.54, 1.807) is 24.9 Å². The van der Waals surface area contributed by atoms with Crippen molar-refractivity contribution in [3.63, 3.8) is 0 Å². The van der Waals surface area contributed by atoms with Gasteiger partial charge in [-0.1, -0.05) is 0 Å². The van der Waals surface area contributed by atoms with E-state index in [1.165, 1.54) is 0 Å². The number of fused-ring (bicyclic) bond motifs is 1. The third-order valence-electron chi connectivity index (χ3n) is 3.36. The minimum atomic E-state index is -1.04. The zero-order valence-corrected chi connectivity index (χ0v) is 11.2. The molecule has 1 aromatic heterocycles. The molecule has 3 rings (SSSR count). The van der Waals surface area contributed by atoms with E-state index >= 15 is 0 Å². The molecule has 20 heavy (non-hydrogen) atoms. The molecule has 0 radical (unpaired) electrons. The number of aryl methyl sites for hydroxylation is 1. The van der Waals surface area contributed by atoms with Crippen LogP contribution in [0.25, 0.3) is 11.3 Å². The highest BCUT2D eigenvalue weighted by molar-refractivity contribution is 5.87. The van der Waals surface area contributed by atoms with E-state index in [0.717, 1.165) is 29.0 Å². The van der Waals surface area contributed by atoms with Crippen molar-refractivity contribution in [1.29, 1.82) is 0 Å². The Morgan fingerprint density at radius 3 is 2.90 bits per heavy atom. The average Bonchev–Trinajstić information content (AvgIpc) is 3.03. The van der Waals surface area contributed by atoms with Crippen LogP contribution in [0.3, 0.4) is 0 Å². The van der Waals surface area contributed by atoms with E-state index in [-0.39, 0.29) is 5.69 Å². The summed E-state index contributed by atoms with van der Waals surface area (Å²) in [5, 5.41) is 13.0. The van der Waals surface area contributed by atoms with Gasteiger partial charge >= 0.3 is 5.97 Å². The lowest BCUT2D eigenvalue weighted by molar-refractivity contribution is 0.0689. The van der Waals surface area contributed by atoms with Crippen LogP contribution in [0.5, 0.6) is 11.5 Å². The van der Waals surface area contributed by atoms with Crippen molar-refractivity contribution in [3.05, 3.63) is 29.5 Å². The molecule has 1 aliphatic heterocycles. The van der Waals surface area contributed by atoms with Gasteiger partial charge in [-0.3, -0.25) is 4.68 Å². The van der Waals surface area contributed by atoms with E-state index < -0.39 is 5.97 Å².